The third-order valence-corrected chi connectivity index (χ3v) is 3.46. The van der Waals surface area contributed by atoms with Crippen LogP contribution in [0.2, 0.25) is 0 Å². The highest BCUT2D eigenvalue weighted by molar-refractivity contribution is 7.15. The Hall–Kier alpha value is -0.920. The van der Waals surface area contributed by atoms with E-state index in [4.69, 9.17) is 0 Å². The number of hydrogen-bond acceptors (Lipinski definition) is 7. The van der Waals surface area contributed by atoms with Gasteiger partial charge in [0, 0.05) is 5.38 Å². The predicted octanol–water partition coefficient (Wildman–Crippen LogP) is 1.34. The van der Waals surface area contributed by atoms with E-state index in [0.717, 1.165) is 15.7 Å². The van der Waals surface area contributed by atoms with E-state index in [1.54, 1.807) is 11.3 Å². The van der Waals surface area contributed by atoms with Crippen molar-refractivity contribution in [3.05, 3.63) is 10.4 Å². The van der Waals surface area contributed by atoms with E-state index in [9.17, 15) is 0 Å². The molecule has 74 valence electrons. The first-order valence-electron chi connectivity index (χ1n) is 4.09. The molecular formula is C7H9N5S2. The second-order valence-electron chi connectivity index (χ2n) is 2.75. The summed E-state index contributed by atoms with van der Waals surface area (Å²) in [5, 5.41) is 18.9. The lowest BCUT2D eigenvalue weighted by atomic mass is 10.4. The molecule has 1 atom stereocenters. The van der Waals surface area contributed by atoms with Gasteiger partial charge in [0.1, 0.15) is 10.7 Å². The quantitative estimate of drug-likeness (QED) is 0.857. The Kier molecular flexibility index (Phi) is 2.80. The van der Waals surface area contributed by atoms with Gasteiger partial charge < -0.3 is 5.32 Å². The van der Waals surface area contributed by atoms with Crippen LogP contribution in [0.5, 0.6) is 0 Å². The maximum Gasteiger partial charge on any atom is 0.169 e. The molecule has 14 heavy (non-hydrogen) atoms. The summed E-state index contributed by atoms with van der Waals surface area (Å²) < 4.78 is 3.79. The second-order valence-corrected chi connectivity index (χ2v) is 4.36. The summed E-state index contributed by atoms with van der Waals surface area (Å²) in [6, 6.07) is 0.229. The maximum atomic E-state index is 4.09. The second kappa shape index (κ2) is 4.07. The molecule has 1 N–H and O–H groups in total. The minimum atomic E-state index is 0.229. The van der Waals surface area contributed by atoms with Crippen molar-refractivity contribution in [1.29, 1.82) is 0 Å². The molecular weight excluding hydrogens is 218 g/mol. The van der Waals surface area contributed by atoms with Gasteiger partial charge in [0.25, 0.3) is 0 Å². The summed E-state index contributed by atoms with van der Waals surface area (Å²) in [7, 11) is 1.90. The van der Waals surface area contributed by atoms with E-state index in [2.05, 4.69) is 25.1 Å². The molecule has 1 unspecified atom stereocenters. The molecule has 0 aromatic carbocycles. The van der Waals surface area contributed by atoms with E-state index in [-0.39, 0.29) is 6.04 Å². The van der Waals surface area contributed by atoms with Crippen molar-refractivity contribution in [3.8, 4) is 10.7 Å². The molecule has 0 saturated heterocycles. The molecule has 0 aliphatic rings. The monoisotopic (exact) mass is 227 g/mol. The van der Waals surface area contributed by atoms with Crippen LogP contribution >= 0.6 is 22.9 Å². The molecule has 0 radical (unpaired) electrons. The van der Waals surface area contributed by atoms with Crippen LogP contribution in [-0.4, -0.2) is 26.8 Å². The van der Waals surface area contributed by atoms with Crippen molar-refractivity contribution < 1.29 is 0 Å². The lowest BCUT2D eigenvalue weighted by Gasteiger charge is -2.02. The molecule has 7 heteroatoms. The van der Waals surface area contributed by atoms with E-state index in [1.165, 1.54) is 11.5 Å². The number of hydrogen-bond donors (Lipinski definition) is 1. The Morgan fingerprint density at radius 2 is 2.21 bits per heavy atom. The zero-order valence-corrected chi connectivity index (χ0v) is 9.39. The van der Waals surface area contributed by atoms with Crippen molar-refractivity contribution >= 4 is 22.9 Å². The largest absolute Gasteiger partial charge is 0.311 e. The third kappa shape index (κ3) is 1.79. The van der Waals surface area contributed by atoms with Crippen LogP contribution in [0.15, 0.2) is 5.38 Å². The van der Waals surface area contributed by atoms with Crippen LogP contribution < -0.4 is 5.32 Å². The van der Waals surface area contributed by atoms with Gasteiger partial charge in [0.05, 0.1) is 6.04 Å². The number of rotatable bonds is 3. The molecule has 2 aromatic heterocycles. The van der Waals surface area contributed by atoms with Gasteiger partial charge >= 0.3 is 0 Å². The highest BCUT2D eigenvalue weighted by atomic mass is 32.1. The van der Waals surface area contributed by atoms with Gasteiger partial charge in [0.2, 0.25) is 0 Å². The summed E-state index contributed by atoms with van der Waals surface area (Å²) >= 11 is 2.86. The van der Waals surface area contributed by atoms with Crippen molar-refractivity contribution in [1.82, 2.24) is 25.1 Å². The molecule has 2 heterocycles. The minimum Gasteiger partial charge on any atom is -0.311 e. The highest BCUT2D eigenvalue weighted by Gasteiger charge is 2.12. The smallest absolute Gasteiger partial charge is 0.169 e. The number of nitrogens with zero attached hydrogens (tertiary/aromatic N) is 4. The molecule has 0 bridgehead atoms. The topological polar surface area (TPSA) is 63.6 Å². The van der Waals surface area contributed by atoms with Crippen LogP contribution in [0.25, 0.3) is 10.7 Å². The van der Waals surface area contributed by atoms with Crippen molar-refractivity contribution in [2.75, 3.05) is 7.05 Å². The molecule has 2 rings (SSSR count). The molecule has 0 aliphatic heterocycles. The van der Waals surface area contributed by atoms with Crippen LogP contribution in [0.1, 0.15) is 18.0 Å². The standard InChI is InChI=1S/C7H9N5S2/c1-4(8-2)6-10-11-7(14-6)5-3-13-12-9-5/h3-4,8H,1-2H3. The lowest BCUT2D eigenvalue weighted by Crippen LogP contribution is -2.11. The fraction of sp³-hybridized carbons (Fsp3) is 0.429. The van der Waals surface area contributed by atoms with Gasteiger partial charge in [-0.25, -0.2) is 0 Å². The molecule has 0 spiro atoms. The van der Waals surface area contributed by atoms with Crippen LogP contribution in [0, 0.1) is 0 Å². The zero-order valence-electron chi connectivity index (χ0n) is 7.76. The Balaban J connectivity index is 2.26. The van der Waals surface area contributed by atoms with Crippen LogP contribution in [0.4, 0.5) is 0 Å². The zero-order chi connectivity index (χ0) is 9.97. The summed E-state index contributed by atoms with van der Waals surface area (Å²) in [5.74, 6) is 0. The molecule has 2 aromatic rings. The average molecular weight is 227 g/mol. The lowest BCUT2D eigenvalue weighted by molar-refractivity contribution is 0.640. The summed E-state index contributed by atoms with van der Waals surface area (Å²) in [4.78, 5) is 0. The summed E-state index contributed by atoms with van der Waals surface area (Å²) in [5.41, 5.74) is 0.807. The van der Waals surface area contributed by atoms with Crippen molar-refractivity contribution in [2.45, 2.75) is 13.0 Å². The third-order valence-electron chi connectivity index (χ3n) is 1.82. The van der Waals surface area contributed by atoms with Gasteiger partial charge in [-0.2, -0.15) is 0 Å². The van der Waals surface area contributed by atoms with Crippen molar-refractivity contribution in [3.63, 3.8) is 0 Å². The van der Waals surface area contributed by atoms with E-state index < -0.39 is 0 Å². The molecule has 0 amide bonds. The summed E-state index contributed by atoms with van der Waals surface area (Å²) in [6.07, 6.45) is 0. The maximum absolute atomic E-state index is 4.09. The van der Waals surface area contributed by atoms with Crippen LogP contribution in [0.3, 0.4) is 0 Å². The SMILES string of the molecule is CNC(C)c1nnc(-c2csnn2)s1. The highest BCUT2D eigenvalue weighted by Crippen LogP contribution is 2.25. The average Bonchev–Trinajstić information content (AvgIpc) is 2.86. The van der Waals surface area contributed by atoms with Crippen LogP contribution in [-0.2, 0) is 0 Å². The van der Waals surface area contributed by atoms with Crippen molar-refractivity contribution in [2.24, 2.45) is 0 Å². The first-order chi connectivity index (χ1) is 6.81. The van der Waals surface area contributed by atoms with Gasteiger partial charge in [-0.3, -0.25) is 0 Å². The first kappa shape index (κ1) is 9.63. The molecule has 0 fully saturated rings. The Bertz CT molecular complexity index is 396. The van der Waals surface area contributed by atoms with Gasteiger partial charge in [-0.15, -0.1) is 15.3 Å². The molecule has 5 nitrogen and oxygen atoms in total. The van der Waals surface area contributed by atoms with E-state index in [1.807, 2.05) is 19.4 Å². The van der Waals surface area contributed by atoms with Gasteiger partial charge in [-0.05, 0) is 25.5 Å². The molecule has 0 aliphatic carbocycles. The molecule has 0 saturated carbocycles. The van der Waals surface area contributed by atoms with Gasteiger partial charge in [-0.1, -0.05) is 15.8 Å². The Morgan fingerprint density at radius 1 is 1.36 bits per heavy atom. The van der Waals surface area contributed by atoms with Gasteiger partial charge in [0.15, 0.2) is 5.01 Å². The predicted molar refractivity (Wildman–Crippen MR) is 56.3 cm³/mol. The normalized spacial score (nSPS) is 13.0. The first-order valence-corrected chi connectivity index (χ1v) is 5.74. The Labute approximate surface area is 89.4 Å². The fourth-order valence-corrected chi connectivity index (χ4v) is 2.27. The van der Waals surface area contributed by atoms with E-state index >= 15 is 0 Å². The summed E-state index contributed by atoms with van der Waals surface area (Å²) in [6.45, 7) is 2.05. The minimum absolute atomic E-state index is 0.229. The Morgan fingerprint density at radius 3 is 2.86 bits per heavy atom. The fourth-order valence-electron chi connectivity index (χ4n) is 0.894. The number of aromatic nitrogens is 4. The number of nitrogens with one attached hydrogen (secondary N) is 1. The van der Waals surface area contributed by atoms with E-state index in [0.29, 0.717) is 0 Å².